The van der Waals surface area contributed by atoms with Gasteiger partial charge in [0.1, 0.15) is 0 Å². The Kier molecular flexibility index (Phi) is 3.35. The van der Waals surface area contributed by atoms with Gasteiger partial charge >= 0.3 is 5.97 Å². The number of anilines is 2. The Labute approximate surface area is 126 Å². The molecule has 0 saturated carbocycles. The summed E-state index contributed by atoms with van der Waals surface area (Å²) >= 11 is 1.59. The Balaban J connectivity index is 1.93. The molecule has 0 atom stereocenters. The molecule has 3 rings (SSSR count). The van der Waals surface area contributed by atoms with Gasteiger partial charge in [0.2, 0.25) is 0 Å². The van der Waals surface area contributed by atoms with Gasteiger partial charge in [-0.1, -0.05) is 17.4 Å². The quantitative estimate of drug-likeness (QED) is 0.754. The molecule has 2 aromatic carbocycles. The minimum absolute atomic E-state index is 0.290. The summed E-state index contributed by atoms with van der Waals surface area (Å²) in [5, 5.41) is 13.0. The van der Waals surface area contributed by atoms with Crippen molar-refractivity contribution < 1.29 is 9.90 Å². The van der Waals surface area contributed by atoms with Crippen LogP contribution < -0.4 is 5.32 Å². The van der Waals surface area contributed by atoms with E-state index in [1.165, 1.54) is 5.56 Å². The van der Waals surface area contributed by atoms with E-state index in [0.29, 0.717) is 0 Å². The smallest absolute Gasteiger partial charge is 0.335 e. The van der Waals surface area contributed by atoms with Gasteiger partial charge in [0.25, 0.3) is 0 Å². The number of aromatic nitrogens is 1. The Morgan fingerprint density at radius 2 is 2.00 bits per heavy atom. The van der Waals surface area contributed by atoms with Crippen molar-refractivity contribution in [3.63, 3.8) is 0 Å². The van der Waals surface area contributed by atoms with Crippen LogP contribution in [0, 0.1) is 13.8 Å². The highest BCUT2D eigenvalue weighted by atomic mass is 32.1. The van der Waals surface area contributed by atoms with E-state index in [2.05, 4.69) is 23.3 Å². The van der Waals surface area contributed by atoms with Gasteiger partial charge in [-0.05, 0) is 55.3 Å². The van der Waals surface area contributed by atoms with E-state index in [1.807, 2.05) is 19.1 Å². The van der Waals surface area contributed by atoms with E-state index in [9.17, 15) is 4.79 Å². The van der Waals surface area contributed by atoms with Gasteiger partial charge in [0, 0.05) is 5.69 Å². The van der Waals surface area contributed by atoms with Gasteiger partial charge in [-0.3, -0.25) is 0 Å². The number of carbonyl (C=O) groups is 1. The number of hydrogen-bond donors (Lipinski definition) is 2. The molecule has 0 saturated heterocycles. The molecule has 0 bridgehead atoms. The zero-order valence-corrected chi connectivity index (χ0v) is 12.5. The third kappa shape index (κ3) is 2.73. The molecule has 4 nitrogen and oxygen atoms in total. The number of thiazole rings is 1. The number of aryl methyl sites for hydroxylation is 2. The first-order chi connectivity index (χ1) is 10.0. The average molecular weight is 298 g/mol. The molecule has 0 aliphatic heterocycles. The number of nitrogens with zero attached hydrogens (tertiary/aromatic N) is 1. The summed E-state index contributed by atoms with van der Waals surface area (Å²) in [6.45, 7) is 3.94. The maximum absolute atomic E-state index is 10.9. The molecule has 21 heavy (non-hydrogen) atoms. The largest absolute Gasteiger partial charge is 0.478 e. The fraction of sp³-hybridized carbons (Fsp3) is 0.125. The predicted molar refractivity (Wildman–Crippen MR) is 85.8 cm³/mol. The molecular formula is C16H14N2O2S. The van der Waals surface area contributed by atoms with Crippen LogP contribution in [0.1, 0.15) is 21.5 Å². The lowest BCUT2D eigenvalue weighted by atomic mass is 10.1. The Morgan fingerprint density at radius 3 is 2.71 bits per heavy atom. The van der Waals surface area contributed by atoms with Gasteiger partial charge < -0.3 is 10.4 Å². The summed E-state index contributed by atoms with van der Waals surface area (Å²) in [5.41, 5.74) is 4.21. The normalized spacial score (nSPS) is 10.8. The topological polar surface area (TPSA) is 62.2 Å². The summed E-state index contributed by atoms with van der Waals surface area (Å²) in [5.74, 6) is -0.917. The lowest BCUT2D eigenvalue weighted by Gasteiger charge is -2.07. The van der Waals surface area contributed by atoms with Crippen molar-refractivity contribution in [3.05, 3.63) is 53.1 Å². The highest BCUT2D eigenvalue weighted by Crippen LogP contribution is 2.30. The number of nitrogens with one attached hydrogen (secondary N) is 1. The number of carboxylic acids is 1. The van der Waals surface area contributed by atoms with Crippen molar-refractivity contribution in [2.75, 3.05) is 5.32 Å². The second-order valence-electron chi connectivity index (χ2n) is 4.95. The first-order valence-electron chi connectivity index (χ1n) is 6.51. The van der Waals surface area contributed by atoms with Gasteiger partial charge in [-0.15, -0.1) is 0 Å². The summed E-state index contributed by atoms with van der Waals surface area (Å²) in [6, 6.07) is 11.2. The highest BCUT2D eigenvalue weighted by molar-refractivity contribution is 7.22. The van der Waals surface area contributed by atoms with Crippen LogP contribution >= 0.6 is 11.3 Å². The van der Waals surface area contributed by atoms with Crippen LogP contribution in [0.4, 0.5) is 10.8 Å². The summed E-state index contributed by atoms with van der Waals surface area (Å²) in [4.78, 5) is 15.5. The number of benzene rings is 2. The maximum Gasteiger partial charge on any atom is 0.335 e. The molecule has 106 valence electrons. The number of carboxylic acid groups (broad SMARTS) is 1. The van der Waals surface area contributed by atoms with Crippen molar-refractivity contribution in [2.45, 2.75) is 13.8 Å². The van der Waals surface area contributed by atoms with E-state index < -0.39 is 5.97 Å². The van der Waals surface area contributed by atoms with Crippen molar-refractivity contribution in [2.24, 2.45) is 0 Å². The standard InChI is InChI=1S/C16H14N2O2S/c1-9-3-5-13-14(7-9)21-16(18-13)17-12-6-4-11(15(19)20)8-10(12)2/h3-8H,1-2H3,(H,17,18)(H,19,20). The monoisotopic (exact) mass is 298 g/mol. The van der Waals surface area contributed by atoms with Gasteiger partial charge in [0.05, 0.1) is 15.8 Å². The molecule has 0 unspecified atom stereocenters. The Bertz CT molecular complexity index is 839. The first kappa shape index (κ1) is 13.6. The molecule has 1 aromatic heterocycles. The molecule has 2 N–H and O–H groups in total. The minimum Gasteiger partial charge on any atom is -0.478 e. The Hall–Kier alpha value is -2.40. The van der Waals surface area contributed by atoms with E-state index in [0.717, 1.165) is 26.6 Å². The van der Waals surface area contributed by atoms with Crippen LogP contribution in [0.25, 0.3) is 10.2 Å². The SMILES string of the molecule is Cc1ccc2nc(Nc3ccc(C(=O)O)cc3C)sc2c1. The fourth-order valence-corrected chi connectivity index (χ4v) is 3.11. The molecule has 0 amide bonds. The van der Waals surface area contributed by atoms with E-state index in [4.69, 9.17) is 5.11 Å². The molecule has 0 spiro atoms. The second-order valence-corrected chi connectivity index (χ2v) is 5.98. The van der Waals surface area contributed by atoms with Gasteiger partial charge in [0.15, 0.2) is 5.13 Å². The van der Waals surface area contributed by atoms with Crippen LogP contribution in [0.5, 0.6) is 0 Å². The summed E-state index contributed by atoms with van der Waals surface area (Å²) in [6.07, 6.45) is 0. The zero-order chi connectivity index (χ0) is 15.0. The molecule has 5 heteroatoms. The fourth-order valence-electron chi connectivity index (χ4n) is 2.14. The van der Waals surface area contributed by atoms with Crippen LogP contribution in [0.3, 0.4) is 0 Å². The van der Waals surface area contributed by atoms with Crippen molar-refractivity contribution in [3.8, 4) is 0 Å². The van der Waals surface area contributed by atoms with Crippen molar-refractivity contribution in [1.82, 2.24) is 4.98 Å². The van der Waals surface area contributed by atoms with Crippen LogP contribution in [-0.2, 0) is 0 Å². The third-order valence-electron chi connectivity index (χ3n) is 3.26. The van der Waals surface area contributed by atoms with Crippen molar-refractivity contribution >= 4 is 38.3 Å². The minimum atomic E-state index is -0.917. The predicted octanol–water partition coefficient (Wildman–Crippen LogP) is 4.35. The van der Waals surface area contributed by atoms with E-state index >= 15 is 0 Å². The third-order valence-corrected chi connectivity index (χ3v) is 4.19. The zero-order valence-electron chi connectivity index (χ0n) is 11.7. The number of rotatable bonds is 3. The van der Waals surface area contributed by atoms with E-state index in [1.54, 1.807) is 29.5 Å². The van der Waals surface area contributed by atoms with E-state index in [-0.39, 0.29) is 5.56 Å². The van der Waals surface area contributed by atoms with Crippen LogP contribution in [0.2, 0.25) is 0 Å². The van der Waals surface area contributed by atoms with Gasteiger partial charge in [-0.2, -0.15) is 0 Å². The second kappa shape index (κ2) is 5.18. The first-order valence-corrected chi connectivity index (χ1v) is 7.33. The lowest BCUT2D eigenvalue weighted by molar-refractivity contribution is 0.0697. The molecule has 0 aliphatic carbocycles. The number of fused-ring (bicyclic) bond motifs is 1. The summed E-state index contributed by atoms with van der Waals surface area (Å²) < 4.78 is 1.14. The van der Waals surface area contributed by atoms with Crippen molar-refractivity contribution in [1.29, 1.82) is 0 Å². The highest BCUT2D eigenvalue weighted by Gasteiger charge is 2.08. The lowest BCUT2D eigenvalue weighted by Crippen LogP contribution is -1.99. The molecule has 0 fully saturated rings. The number of aromatic carboxylic acids is 1. The average Bonchev–Trinajstić information content (AvgIpc) is 2.82. The molecule has 0 radical (unpaired) electrons. The summed E-state index contributed by atoms with van der Waals surface area (Å²) in [7, 11) is 0. The van der Waals surface area contributed by atoms with Crippen LogP contribution in [-0.4, -0.2) is 16.1 Å². The van der Waals surface area contributed by atoms with Gasteiger partial charge in [-0.25, -0.2) is 9.78 Å². The molecule has 1 heterocycles. The molecule has 3 aromatic rings. The molecule has 0 aliphatic rings. The van der Waals surface area contributed by atoms with Crippen LogP contribution in [0.15, 0.2) is 36.4 Å². The Morgan fingerprint density at radius 1 is 1.19 bits per heavy atom. The maximum atomic E-state index is 10.9. The number of hydrogen-bond acceptors (Lipinski definition) is 4. The molecular weight excluding hydrogens is 284 g/mol.